The number of methoxy groups -OCH3 is 1. The molecule has 0 heterocycles. The van der Waals surface area contributed by atoms with Gasteiger partial charge in [-0.15, -0.1) is 0 Å². The summed E-state index contributed by atoms with van der Waals surface area (Å²) < 4.78 is 4.87. The number of benzene rings is 1. The smallest absolute Gasteiger partial charge is 0.232 e. The highest BCUT2D eigenvalue weighted by atomic mass is 16.5. The van der Waals surface area contributed by atoms with E-state index in [2.05, 4.69) is 0 Å². The molecule has 0 saturated heterocycles. The Morgan fingerprint density at radius 3 is 2.33 bits per heavy atom. The maximum atomic E-state index is 11.1. The molecule has 0 aliphatic rings. The Bertz CT molecular complexity index is 394. The molecule has 0 amide bonds. The standard InChI is InChI=1S/C10H8O2/c1-12-10-8(9(10)11)7-5-3-2-4-6-7/h2-6H,1H3. The predicted molar refractivity (Wildman–Crippen MR) is 47.1 cm³/mol. The van der Waals surface area contributed by atoms with Gasteiger partial charge in [-0.25, -0.2) is 0 Å². The summed E-state index contributed by atoms with van der Waals surface area (Å²) in [6.07, 6.45) is 0. The molecule has 2 aromatic rings. The van der Waals surface area contributed by atoms with Crippen LogP contribution in [0, 0.1) is 0 Å². The molecule has 0 N–H and O–H groups in total. The molecule has 0 spiro atoms. The number of hydrogen-bond donors (Lipinski definition) is 0. The normalized spacial score (nSPS) is 10.4. The summed E-state index contributed by atoms with van der Waals surface area (Å²) in [6.45, 7) is 0. The molecular formula is C10H8O2. The zero-order valence-corrected chi connectivity index (χ0v) is 6.70. The second-order valence-corrected chi connectivity index (χ2v) is 2.60. The Labute approximate surface area is 70.1 Å². The molecule has 0 radical (unpaired) electrons. The van der Waals surface area contributed by atoms with E-state index in [9.17, 15) is 4.79 Å². The van der Waals surface area contributed by atoms with E-state index < -0.39 is 0 Å². The van der Waals surface area contributed by atoms with E-state index in [0.717, 1.165) is 11.1 Å². The monoisotopic (exact) mass is 160 g/mol. The van der Waals surface area contributed by atoms with Crippen molar-refractivity contribution in [3.8, 4) is 16.9 Å². The number of ether oxygens (including phenoxy) is 1. The van der Waals surface area contributed by atoms with Gasteiger partial charge in [0.15, 0.2) is 5.75 Å². The lowest BCUT2D eigenvalue weighted by Crippen LogP contribution is -1.79. The number of rotatable bonds is 2. The van der Waals surface area contributed by atoms with Gasteiger partial charge >= 0.3 is 0 Å². The average molecular weight is 160 g/mol. The van der Waals surface area contributed by atoms with Crippen LogP contribution in [0.4, 0.5) is 0 Å². The molecule has 0 aliphatic carbocycles. The molecule has 2 nitrogen and oxygen atoms in total. The molecule has 0 aromatic heterocycles. The first kappa shape index (κ1) is 7.10. The van der Waals surface area contributed by atoms with Crippen LogP contribution in [0.3, 0.4) is 0 Å². The van der Waals surface area contributed by atoms with Gasteiger partial charge in [0.05, 0.1) is 12.7 Å². The number of hydrogen-bond acceptors (Lipinski definition) is 2. The lowest BCUT2D eigenvalue weighted by molar-refractivity contribution is 0.426. The van der Waals surface area contributed by atoms with Crippen LogP contribution >= 0.6 is 0 Å². The minimum absolute atomic E-state index is 0.0312. The van der Waals surface area contributed by atoms with E-state index in [1.54, 1.807) is 0 Å². The van der Waals surface area contributed by atoms with Gasteiger partial charge in [0.25, 0.3) is 0 Å². The fourth-order valence-electron chi connectivity index (χ4n) is 1.22. The van der Waals surface area contributed by atoms with E-state index in [1.165, 1.54) is 7.11 Å². The van der Waals surface area contributed by atoms with Crippen LogP contribution in [0.1, 0.15) is 0 Å². The lowest BCUT2D eigenvalue weighted by atomic mass is 10.2. The minimum Gasteiger partial charge on any atom is -0.492 e. The summed E-state index contributed by atoms with van der Waals surface area (Å²) >= 11 is 0. The fraction of sp³-hybridized carbons (Fsp3) is 0.100. The van der Waals surface area contributed by atoms with Gasteiger partial charge < -0.3 is 4.74 Å². The Morgan fingerprint density at radius 2 is 1.83 bits per heavy atom. The molecule has 0 bridgehead atoms. The average Bonchev–Trinajstić information content (AvgIpc) is 2.78. The van der Waals surface area contributed by atoms with Crippen molar-refractivity contribution in [2.75, 3.05) is 7.11 Å². The van der Waals surface area contributed by atoms with Crippen molar-refractivity contribution in [1.82, 2.24) is 0 Å². The summed E-state index contributed by atoms with van der Waals surface area (Å²) in [4.78, 5) is 11.1. The molecule has 12 heavy (non-hydrogen) atoms. The second-order valence-electron chi connectivity index (χ2n) is 2.60. The third kappa shape index (κ3) is 0.925. The van der Waals surface area contributed by atoms with Crippen molar-refractivity contribution >= 4 is 0 Å². The topological polar surface area (TPSA) is 26.3 Å². The van der Waals surface area contributed by atoms with Crippen molar-refractivity contribution in [2.45, 2.75) is 0 Å². The van der Waals surface area contributed by atoms with Crippen LogP contribution in [-0.4, -0.2) is 7.11 Å². The molecule has 2 rings (SSSR count). The van der Waals surface area contributed by atoms with Gasteiger partial charge in [-0.3, -0.25) is 4.79 Å². The van der Waals surface area contributed by atoms with Crippen molar-refractivity contribution in [2.24, 2.45) is 0 Å². The van der Waals surface area contributed by atoms with Gasteiger partial charge in [-0.1, -0.05) is 30.3 Å². The maximum Gasteiger partial charge on any atom is 0.232 e. The molecule has 2 heteroatoms. The molecule has 0 saturated carbocycles. The van der Waals surface area contributed by atoms with Crippen LogP contribution < -0.4 is 10.2 Å². The predicted octanol–water partition coefficient (Wildman–Crippen LogP) is 1.60. The Kier molecular flexibility index (Phi) is 1.47. The summed E-state index contributed by atoms with van der Waals surface area (Å²) in [7, 11) is 1.52. The van der Waals surface area contributed by atoms with Crippen molar-refractivity contribution in [3.05, 3.63) is 40.6 Å². The van der Waals surface area contributed by atoms with Crippen LogP contribution in [0.25, 0.3) is 11.1 Å². The van der Waals surface area contributed by atoms with E-state index in [0.29, 0.717) is 5.75 Å². The zero-order chi connectivity index (χ0) is 8.55. The first-order valence-electron chi connectivity index (χ1n) is 3.73. The summed E-state index contributed by atoms with van der Waals surface area (Å²) in [5.74, 6) is 0.501. The first-order chi connectivity index (χ1) is 5.84. The van der Waals surface area contributed by atoms with Crippen LogP contribution in [-0.2, 0) is 0 Å². The zero-order valence-electron chi connectivity index (χ0n) is 6.70. The van der Waals surface area contributed by atoms with Gasteiger partial charge in [-0.2, -0.15) is 0 Å². The van der Waals surface area contributed by atoms with Gasteiger partial charge in [0.1, 0.15) is 0 Å². The fourth-order valence-corrected chi connectivity index (χ4v) is 1.22. The Morgan fingerprint density at radius 1 is 1.17 bits per heavy atom. The van der Waals surface area contributed by atoms with Gasteiger partial charge in [0.2, 0.25) is 5.43 Å². The Hall–Kier alpha value is -1.57. The van der Waals surface area contributed by atoms with Gasteiger partial charge in [-0.05, 0) is 5.56 Å². The highest BCUT2D eigenvalue weighted by molar-refractivity contribution is 5.80. The minimum atomic E-state index is 0.0312. The van der Waals surface area contributed by atoms with E-state index in [1.807, 2.05) is 30.3 Å². The van der Waals surface area contributed by atoms with Crippen LogP contribution in [0.5, 0.6) is 5.75 Å². The summed E-state index contributed by atoms with van der Waals surface area (Å²) in [5, 5.41) is 0. The highest BCUT2D eigenvalue weighted by Crippen LogP contribution is 2.31. The first-order valence-corrected chi connectivity index (χ1v) is 3.73. The quantitative estimate of drug-likeness (QED) is 0.667. The molecule has 0 unspecified atom stereocenters. The molecule has 0 aliphatic heterocycles. The highest BCUT2D eigenvalue weighted by Gasteiger charge is 2.24. The van der Waals surface area contributed by atoms with Crippen molar-refractivity contribution < 1.29 is 4.74 Å². The maximum absolute atomic E-state index is 11.1. The van der Waals surface area contributed by atoms with E-state index in [-0.39, 0.29) is 5.43 Å². The molecule has 0 fully saturated rings. The molecule has 60 valence electrons. The third-order valence-corrected chi connectivity index (χ3v) is 1.86. The van der Waals surface area contributed by atoms with E-state index in [4.69, 9.17) is 4.74 Å². The van der Waals surface area contributed by atoms with Gasteiger partial charge in [0, 0.05) is 0 Å². The second kappa shape index (κ2) is 2.48. The molecular weight excluding hydrogens is 152 g/mol. The SMILES string of the molecule is COc1c(-c2ccccc2)c1=O. The van der Waals surface area contributed by atoms with Crippen LogP contribution in [0.15, 0.2) is 35.1 Å². The summed E-state index contributed by atoms with van der Waals surface area (Å²) in [6, 6.07) is 9.53. The largest absolute Gasteiger partial charge is 0.492 e. The van der Waals surface area contributed by atoms with Crippen molar-refractivity contribution in [1.29, 1.82) is 0 Å². The van der Waals surface area contributed by atoms with Crippen molar-refractivity contribution in [3.63, 3.8) is 0 Å². The van der Waals surface area contributed by atoms with Crippen LogP contribution in [0.2, 0.25) is 0 Å². The molecule has 2 aromatic carbocycles. The molecule has 0 atom stereocenters. The van der Waals surface area contributed by atoms with E-state index >= 15 is 0 Å². The summed E-state index contributed by atoms with van der Waals surface area (Å²) in [5.41, 5.74) is 1.70. The lowest BCUT2D eigenvalue weighted by Gasteiger charge is -1.89. The Balaban J connectivity index is 2.40. The third-order valence-electron chi connectivity index (χ3n) is 1.86.